The molecule has 0 saturated carbocycles. The van der Waals surface area contributed by atoms with Gasteiger partial charge in [-0.15, -0.1) is 0 Å². The molecule has 1 fully saturated rings. The maximum absolute atomic E-state index is 12.8. The molecule has 3 aliphatic rings. The summed E-state index contributed by atoms with van der Waals surface area (Å²) in [4.78, 5) is 12.8. The molecule has 4 atom stereocenters. The number of cyclic esters (lactones) is 1. The van der Waals surface area contributed by atoms with Gasteiger partial charge in [0.2, 0.25) is 12.5 Å². The molecule has 0 aromatic heterocycles. The molecule has 1 N–H and O–H groups in total. The zero-order valence-electron chi connectivity index (χ0n) is 16.8. The topological polar surface area (TPSA) is 92.7 Å². The average Bonchev–Trinajstić information content (AvgIpc) is 3.37. The van der Waals surface area contributed by atoms with Gasteiger partial charge in [-0.25, -0.2) is 0 Å². The van der Waals surface area contributed by atoms with Crippen LogP contribution in [0.2, 0.25) is 0 Å². The van der Waals surface area contributed by atoms with Crippen molar-refractivity contribution in [2.24, 2.45) is 11.8 Å². The number of benzene rings is 2. The maximum Gasteiger partial charge on any atom is 0.310 e. The number of ether oxygens (including phenoxy) is 6. The van der Waals surface area contributed by atoms with Crippen LogP contribution in [-0.2, 0) is 14.3 Å². The minimum Gasteiger partial charge on any atom is -0.502 e. The van der Waals surface area contributed by atoms with E-state index in [1.165, 1.54) is 14.2 Å². The lowest BCUT2D eigenvalue weighted by Gasteiger charge is -2.38. The zero-order valence-corrected chi connectivity index (χ0v) is 16.8. The standard InChI is InChI=1S/C22H22O8/c1-25-16-4-10(5-17(26-2)20(16)23)18-11-6-14-15(30-9-29-14)7-12(11)21(27-3)13-8-28-22(24)19(13)18/h4-7,13,18-19,21,23H,8-9H2,1-3H3/t13-,18+,19-,21+/m1/s1. The van der Waals surface area contributed by atoms with Crippen molar-refractivity contribution in [1.29, 1.82) is 0 Å². The highest BCUT2D eigenvalue weighted by Crippen LogP contribution is 2.56. The Balaban J connectivity index is 1.75. The Hall–Kier alpha value is -3.13. The van der Waals surface area contributed by atoms with Gasteiger partial charge in [-0.3, -0.25) is 4.79 Å². The van der Waals surface area contributed by atoms with Gasteiger partial charge in [-0.2, -0.15) is 0 Å². The van der Waals surface area contributed by atoms with Crippen LogP contribution in [0.3, 0.4) is 0 Å². The zero-order chi connectivity index (χ0) is 21.0. The van der Waals surface area contributed by atoms with E-state index in [1.807, 2.05) is 12.1 Å². The van der Waals surface area contributed by atoms with Crippen LogP contribution in [0, 0.1) is 11.8 Å². The van der Waals surface area contributed by atoms with Gasteiger partial charge < -0.3 is 33.5 Å². The smallest absolute Gasteiger partial charge is 0.310 e. The summed E-state index contributed by atoms with van der Waals surface area (Å²) < 4.78 is 33.1. The molecule has 2 aromatic carbocycles. The van der Waals surface area contributed by atoms with Crippen molar-refractivity contribution in [3.05, 3.63) is 41.0 Å². The molecule has 2 aromatic rings. The predicted molar refractivity (Wildman–Crippen MR) is 103 cm³/mol. The molecule has 30 heavy (non-hydrogen) atoms. The van der Waals surface area contributed by atoms with E-state index in [1.54, 1.807) is 19.2 Å². The van der Waals surface area contributed by atoms with E-state index >= 15 is 0 Å². The molecule has 8 heteroatoms. The first-order valence-electron chi connectivity index (χ1n) is 9.65. The second-order valence-corrected chi connectivity index (χ2v) is 7.56. The number of hydrogen-bond acceptors (Lipinski definition) is 8. The molecule has 0 radical (unpaired) electrons. The van der Waals surface area contributed by atoms with E-state index < -0.39 is 5.92 Å². The van der Waals surface area contributed by atoms with Crippen molar-refractivity contribution < 1.29 is 38.3 Å². The van der Waals surface area contributed by atoms with E-state index in [-0.39, 0.29) is 54.6 Å². The maximum atomic E-state index is 12.8. The summed E-state index contributed by atoms with van der Waals surface area (Å²) in [6.07, 6.45) is -0.317. The van der Waals surface area contributed by atoms with E-state index in [0.29, 0.717) is 11.5 Å². The highest BCUT2D eigenvalue weighted by atomic mass is 16.7. The van der Waals surface area contributed by atoms with Crippen LogP contribution < -0.4 is 18.9 Å². The fourth-order valence-electron chi connectivity index (χ4n) is 4.91. The average molecular weight is 414 g/mol. The molecular formula is C22H22O8. The van der Waals surface area contributed by atoms with Gasteiger partial charge in [0.05, 0.1) is 32.8 Å². The normalized spacial score (nSPS) is 26.0. The van der Waals surface area contributed by atoms with Crippen LogP contribution in [0.25, 0.3) is 0 Å². The van der Waals surface area contributed by atoms with Crippen molar-refractivity contribution in [2.75, 3.05) is 34.7 Å². The summed E-state index contributed by atoms with van der Waals surface area (Å²) >= 11 is 0. The number of esters is 1. The fraction of sp³-hybridized carbons (Fsp3) is 0.409. The molecule has 0 unspecified atom stereocenters. The minimum atomic E-state index is -0.457. The van der Waals surface area contributed by atoms with E-state index in [0.717, 1.165) is 16.7 Å². The summed E-state index contributed by atoms with van der Waals surface area (Å²) in [5, 5.41) is 10.4. The van der Waals surface area contributed by atoms with Crippen molar-refractivity contribution in [1.82, 2.24) is 0 Å². The Bertz CT molecular complexity index is 991. The fourth-order valence-corrected chi connectivity index (χ4v) is 4.91. The molecule has 1 aliphatic carbocycles. The van der Waals surface area contributed by atoms with Gasteiger partial charge in [0.1, 0.15) is 0 Å². The SMILES string of the molecule is COc1cc([C@H]2c3cc4c(cc3[C@H](OC)[C@@H]3COC(=O)[C@@H]23)OCO4)cc(OC)c1O. The summed E-state index contributed by atoms with van der Waals surface area (Å²) in [7, 11) is 4.57. The van der Waals surface area contributed by atoms with Crippen LogP contribution in [0.1, 0.15) is 28.7 Å². The molecule has 158 valence electrons. The Morgan fingerprint density at radius 1 is 0.933 bits per heavy atom. The first kappa shape index (κ1) is 18.9. The lowest BCUT2D eigenvalue weighted by molar-refractivity contribution is -0.141. The highest BCUT2D eigenvalue weighted by Gasteiger charge is 2.53. The summed E-state index contributed by atoms with van der Waals surface area (Å²) in [5.41, 5.74) is 2.59. The van der Waals surface area contributed by atoms with Gasteiger partial charge in [0.25, 0.3) is 0 Å². The lowest BCUT2D eigenvalue weighted by atomic mass is 9.66. The Morgan fingerprint density at radius 2 is 1.57 bits per heavy atom. The number of hydrogen-bond donors (Lipinski definition) is 1. The molecule has 5 rings (SSSR count). The molecule has 8 nitrogen and oxygen atoms in total. The number of methoxy groups -OCH3 is 3. The number of fused-ring (bicyclic) bond motifs is 3. The first-order chi connectivity index (χ1) is 14.6. The predicted octanol–water partition coefficient (Wildman–Crippen LogP) is 2.76. The van der Waals surface area contributed by atoms with Gasteiger partial charge in [0.15, 0.2) is 23.0 Å². The number of carbonyl (C=O) groups excluding carboxylic acids is 1. The van der Waals surface area contributed by atoms with Gasteiger partial charge in [-0.1, -0.05) is 0 Å². The monoisotopic (exact) mass is 414 g/mol. The number of phenolic OH excluding ortho intramolecular Hbond substituents is 1. The van der Waals surface area contributed by atoms with Crippen molar-refractivity contribution >= 4 is 5.97 Å². The van der Waals surface area contributed by atoms with Gasteiger partial charge >= 0.3 is 5.97 Å². The molecule has 0 amide bonds. The Labute approximate surface area is 173 Å². The van der Waals surface area contributed by atoms with Crippen molar-refractivity contribution in [3.63, 3.8) is 0 Å². The third kappa shape index (κ3) is 2.60. The Morgan fingerprint density at radius 3 is 2.17 bits per heavy atom. The van der Waals surface area contributed by atoms with Crippen LogP contribution in [0.5, 0.6) is 28.7 Å². The molecule has 2 aliphatic heterocycles. The van der Waals surface area contributed by atoms with E-state index in [9.17, 15) is 9.90 Å². The Kier molecular flexibility index (Phi) is 4.39. The number of carbonyl (C=O) groups is 1. The summed E-state index contributed by atoms with van der Waals surface area (Å²) in [6.45, 7) is 0.426. The second kappa shape index (κ2) is 6.98. The van der Waals surface area contributed by atoms with Crippen LogP contribution in [-0.4, -0.2) is 45.8 Å². The molecular weight excluding hydrogens is 392 g/mol. The van der Waals surface area contributed by atoms with Gasteiger partial charge in [0, 0.05) is 18.9 Å². The first-order valence-corrected chi connectivity index (χ1v) is 9.65. The number of aromatic hydroxyl groups is 1. The number of rotatable bonds is 4. The summed E-state index contributed by atoms with van der Waals surface area (Å²) in [6, 6.07) is 7.29. The minimum absolute atomic E-state index is 0.0919. The van der Waals surface area contributed by atoms with E-state index in [4.69, 9.17) is 28.4 Å². The lowest BCUT2D eigenvalue weighted by Crippen LogP contribution is -2.35. The molecule has 0 spiro atoms. The highest BCUT2D eigenvalue weighted by molar-refractivity contribution is 5.79. The van der Waals surface area contributed by atoms with Crippen molar-refractivity contribution in [2.45, 2.75) is 12.0 Å². The second-order valence-electron chi connectivity index (χ2n) is 7.56. The molecule has 1 saturated heterocycles. The third-order valence-electron chi connectivity index (χ3n) is 6.23. The quantitative estimate of drug-likeness (QED) is 0.764. The molecule has 2 heterocycles. The van der Waals surface area contributed by atoms with Crippen LogP contribution >= 0.6 is 0 Å². The van der Waals surface area contributed by atoms with Crippen molar-refractivity contribution in [3.8, 4) is 28.7 Å². The van der Waals surface area contributed by atoms with Crippen LogP contribution in [0.4, 0.5) is 0 Å². The van der Waals surface area contributed by atoms with Crippen LogP contribution in [0.15, 0.2) is 24.3 Å². The summed E-state index contributed by atoms with van der Waals surface area (Å²) in [5.74, 6) is 0.464. The van der Waals surface area contributed by atoms with Gasteiger partial charge in [-0.05, 0) is 41.0 Å². The third-order valence-corrected chi connectivity index (χ3v) is 6.23. The largest absolute Gasteiger partial charge is 0.502 e. The number of phenols is 1. The van der Waals surface area contributed by atoms with E-state index in [2.05, 4.69) is 0 Å². The molecule has 0 bridgehead atoms.